The fraction of sp³-hybridized carbons (Fsp3) is 1.00. The van der Waals surface area contributed by atoms with Gasteiger partial charge in [0.15, 0.2) is 0 Å². The third-order valence-electron chi connectivity index (χ3n) is 5.65. The monoisotopic (exact) mass is 282 g/mol. The van der Waals surface area contributed by atoms with E-state index >= 15 is 0 Å². The maximum absolute atomic E-state index is 9.43. The van der Waals surface area contributed by atoms with Crippen LogP contribution in [0.3, 0.4) is 0 Å². The Balaban J connectivity index is 1.99. The van der Waals surface area contributed by atoms with Gasteiger partial charge in [-0.2, -0.15) is 0 Å². The topological polar surface area (TPSA) is 35.5 Å². The van der Waals surface area contributed by atoms with Crippen LogP contribution >= 0.6 is 0 Å². The highest BCUT2D eigenvalue weighted by Gasteiger charge is 2.37. The molecule has 118 valence electrons. The molecule has 2 rings (SSSR count). The molecular weight excluding hydrogens is 248 g/mol. The molecule has 2 fully saturated rings. The first-order valence-corrected chi connectivity index (χ1v) is 8.68. The molecule has 0 spiro atoms. The lowest BCUT2D eigenvalue weighted by molar-refractivity contribution is 0.0539. The molecule has 2 aliphatic carbocycles. The Morgan fingerprint density at radius 3 is 2.35 bits per heavy atom. The van der Waals surface area contributed by atoms with E-state index in [1.807, 2.05) is 0 Å². The molecule has 2 saturated carbocycles. The van der Waals surface area contributed by atoms with Crippen LogP contribution in [0.25, 0.3) is 0 Å². The van der Waals surface area contributed by atoms with Crippen LogP contribution in [0.4, 0.5) is 0 Å². The van der Waals surface area contributed by atoms with Crippen molar-refractivity contribution < 1.29 is 5.11 Å². The Bertz CT molecular complexity index is 268. The Hall–Kier alpha value is -0.120. The molecule has 0 saturated heterocycles. The molecule has 0 atom stereocenters. The minimum atomic E-state index is 0.308. The van der Waals surface area contributed by atoms with Gasteiger partial charge in [-0.1, -0.05) is 32.6 Å². The average molecular weight is 282 g/mol. The van der Waals surface area contributed by atoms with E-state index in [0.29, 0.717) is 12.0 Å². The third-order valence-corrected chi connectivity index (χ3v) is 5.65. The Kier molecular flexibility index (Phi) is 6.31. The number of rotatable bonds is 7. The van der Waals surface area contributed by atoms with E-state index < -0.39 is 0 Å². The molecule has 0 radical (unpaired) electrons. The molecule has 2 aliphatic rings. The zero-order valence-electron chi connectivity index (χ0n) is 13.5. The molecule has 0 unspecified atom stereocenters. The Morgan fingerprint density at radius 2 is 1.80 bits per heavy atom. The van der Waals surface area contributed by atoms with Gasteiger partial charge in [0.25, 0.3) is 0 Å². The second-order valence-corrected chi connectivity index (χ2v) is 7.35. The van der Waals surface area contributed by atoms with Crippen LogP contribution in [-0.4, -0.2) is 49.3 Å². The van der Waals surface area contributed by atoms with Crippen molar-refractivity contribution >= 4 is 0 Å². The van der Waals surface area contributed by atoms with Crippen molar-refractivity contribution in [1.82, 2.24) is 10.2 Å². The molecule has 3 heteroatoms. The molecule has 0 bridgehead atoms. The number of nitrogens with zero attached hydrogens (tertiary/aromatic N) is 1. The SMILES string of the molecule is CNCC1(CN(CCO)C2CCCC2)CCC(C)CC1. The first-order chi connectivity index (χ1) is 9.69. The van der Waals surface area contributed by atoms with Gasteiger partial charge in [0, 0.05) is 25.7 Å². The first-order valence-electron chi connectivity index (χ1n) is 8.68. The van der Waals surface area contributed by atoms with E-state index in [1.54, 1.807) is 0 Å². The van der Waals surface area contributed by atoms with Crippen molar-refractivity contribution in [2.45, 2.75) is 64.3 Å². The lowest BCUT2D eigenvalue weighted by atomic mass is 9.70. The summed E-state index contributed by atoms with van der Waals surface area (Å²) in [4.78, 5) is 2.61. The van der Waals surface area contributed by atoms with Crippen molar-refractivity contribution in [2.75, 3.05) is 33.3 Å². The van der Waals surface area contributed by atoms with Gasteiger partial charge in [0.05, 0.1) is 6.61 Å². The van der Waals surface area contributed by atoms with E-state index in [0.717, 1.165) is 25.0 Å². The van der Waals surface area contributed by atoms with Gasteiger partial charge < -0.3 is 10.4 Å². The molecule has 2 N–H and O–H groups in total. The summed E-state index contributed by atoms with van der Waals surface area (Å²) in [6.45, 7) is 5.89. The minimum Gasteiger partial charge on any atom is -0.395 e. The molecule has 0 aliphatic heterocycles. The lowest BCUT2D eigenvalue weighted by Crippen LogP contribution is -2.49. The van der Waals surface area contributed by atoms with Crippen molar-refractivity contribution in [1.29, 1.82) is 0 Å². The fourth-order valence-electron chi connectivity index (χ4n) is 4.36. The van der Waals surface area contributed by atoms with Gasteiger partial charge in [0.2, 0.25) is 0 Å². The molecule has 0 aromatic carbocycles. The Labute approximate surface area is 125 Å². The van der Waals surface area contributed by atoms with Crippen LogP contribution in [0.1, 0.15) is 58.3 Å². The highest BCUT2D eigenvalue weighted by atomic mass is 16.3. The van der Waals surface area contributed by atoms with E-state index in [4.69, 9.17) is 0 Å². The Morgan fingerprint density at radius 1 is 1.15 bits per heavy atom. The van der Waals surface area contributed by atoms with Crippen LogP contribution in [0.15, 0.2) is 0 Å². The third kappa shape index (κ3) is 4.19. The maximum Gasteiger partial charge on any atom is 0.0558 e. The minimum absolute atomic E-state index is 0.308. The molecular formula is C17H34N2O. The van der Waals surface area contributed by atoms with E-state index in [9.17, 15) is 5.11 Å². The zero-order chi connectivity index (χ0) is 14.4. The standard InChI is InChI=1S/C17H34N2O/c1-15-7-9-17(10-8-15,13-18-2)14-19(11-12-20)16-5-3-4-6-16/h15-16,18,20H,3-14H2,1-2H3. The molecule has 20 heavy (non-hydrogen) atoms. The highest BCUT2D eigenvalue weighted by Crippen LogP contribution is 2.40. The number of hydrogen-bond donors (Lipinski definition) is 2. The average Bonchev–Trinajstić information content (AvgIpc) is 2.96. The summed E-state index contributed by atoms with van der Waals surface area (Å²) in [7, 11) is 2.09. The lowest BCUT2D eigenvalue weighted by Gasteiger charge is -2.44. The quantitative estimate of drug-likeness (QED) is 0.753. The second kappa shape index (κ2) is 7.77. The summed E-state index contributed by atoms with van der Waals surface area (Å²) in [5.74, 6) is 0.901. The van der Waals surface area contributed by atoms with E-state index in [1.165, 1.54) is 57.9 Å². The second-order valence-electron chi connectivity index (χ2n) is 7.35. The number of aliphatic hydroxyl groups excluding tert-OH is 1. The summed E-state index contributed by atoms with van der Waals surface area (Å²) in [5, 5.41) is 12.9. The number of nitrogens with one attached hydrogen (secondary N) is 1. The van der Waals surface area contributed by atoms with Gasteiger partial charge >= 0.3 is 0 Å². The molecule has 0 aromatic heterocycles. The van der Waals surface area contributed by atoms with Gasteiger partial charge in [-0.3, -0.25) is 4.90 Å². The molecule has 0 amide bonds. The summed E-state index contributed by atoms with van der Waals surface area (Å²) in [6.07, 6.45) is 10.9. The van der Waals surface area contributed by atoms with Crippen molar-refractivity contribution in [3.05, 3.63) is 0 Å². The molecule has 3 nitrogen and oxygen atoms in total. The number of hydrogen-bond acceptors (Lipinski definition) is 3. The van der Waals surface area contributed by atoms with Gasteiger partial charge in [-0.05, 0) is 44.1 Å². The van der Waals surface area contributed by atoms with Crippen LogP contribution in [0.5, 0.6) is 0 Å². The first kappa shape index (κ1) is 16.3. The van der Waals surface area contributed by atoms with Crippen LogP contribution in [0.2, 0.25) is 0 Å². The highest BCUT2D eigenvalue weighted by molar-refractivity contribution is 4.91. The summed E-state index contributed by atoms with van der Waals surface area (Å²) in [5.41, 5.74) is 0.443. The predicted octanol–water partition coefficient (Wildman–Crippen LogP) is 2.64. The summed E-state index contributed by atoms with van der Waals surface area (Å²) >= 11 is 0. The summed E-state index contributed by atoms with van der Waals surface area (Å²) < 4.78 is 0. The van der Waals surface area contributed by atoms with Crippen molar-refractivity contribution in [3.63, 3.8) is 0 Å². The summed E-state index contributed by atoms with van der Waals surface area (Å²) in [6, 6.07) is 0.732. The van der Waals surface area contributed by atoms with Gasteiger partial charge in [-0.15, -0.1) is 0 Å². The van der Waals surface area contributed by atoms with E-state index in [-0.39, 0.29) is 0 Å². The van der Waals surface area contributed by atoms with Crippen molar-refractivity contribution in [3.8, 4) is 0 Å². The molecule has 0 heterocycles. The smallest absolute Gasteiger partial charge is 0.0558 e. The largest absolute Gasteiger partial charge is 0.395 e. The van der Waals surface area contributed by atoms with Crippen LogP contribution in [0, 0.1) is 11.3 Å². The molecule has 0 aromatic rings. The van der Waals surface area contributed by atoms with E-state index in [2.05, 4.69) is 24.2 Å². The predicted molar refractivity (Wildman–Crippen MR) is 84.9 cm³/mol. The zero-order valence-corrected chi connectivity index (χ0v) is 13.5. The van der Waals surface area contributed by atoms with Gasteiger partial charge in [-0.25, -0.2) is 0 Å². The van der Waals surface area contributed by atoms with Gasteiger partial charge in [0.1, 0.15) is 0 Å². The number of aliphatic hydroxyl groups is 1. The normalized spacial score (nSPS) is 32.1. The van der Waals surface area contributed by atoms with Crippen molar-refractivity contribution in [2.24, 2.45) is 11.3 Å². The van der Waals surface area contributed by atoms with Crippen LogP contribution < -0.4 is 5.32 Å². The van der Waals surface area contributed by atoms with Crippen LogP contribution in [-0.2, 0) is 0 Å². The maximum atomic E-state index is 9.43. The fourth-order valence-corrected chi connectivity index (χ4v) is 4.36.